The molecule has 6 nitrogen and oxygen atoms in total. The second-order valence-electron chi connectivity index (χ2n) is 5.18. The van der Waals surface area contributed by atoms with Crippen molar-refractivity contribution in [3.05, 3.63) is 23.8 Å². The van der Waals surface area contributed by atoms with Gasteiger partial charge in [0.2, 0.25) is 0 Å². The van der Waals surface area contributed by atoms with E-state index >= 15 is 0 Å². The van der Waals surface area contributed by atoms with Crippen molar-refractivity contribution in [1.82, 2.24) is 10.6 Å². The summed E-state index contributed by atoms with van der Waals surface area (Å²) in [5.41, 5.74) is 0.730. The molecular weight excluding hydrogens is 409 g/mol. The molecule has 1 unspecified atom stereocenters. The largest absolute Gasteiger partial charge is 0.504 e. The van der Waals surface area contributed by atoms with Crippen molar-refractivity contribution in [2.75, 3.05) is 26.8 Å². The van der Waals surface area contributed by atoms with Crippen LogP contribution in [-0.4, -0.2) is 44.0 Å². The van der Waals surface area contributed by atoms with Gasteiger partial charge in [0.05, 0.1) is 19.8 Å². The third kappa shape index (κ3) is 6.06. The molecule has 1 heterocycles. The molecule has 0 radical (unpaired) electrons. The number of aromatic hydroxyl groups is 1. The Labute approximate surface area is 154 Å². The molecule has 0 aliphatic carbocycles. The van der Waals surface area contributed by atoms with Gasteiger partial charge in [-0.25, -0.2) is 4.99 Å². The number of hydrogen-bond acceptors (Lipinski definition) is 4. The van der Waals surface area contributed by atoms with Crippen LogP contribution in [0.4, 0.5) is 0 Å². The number of aliphatic imine (C=N–C) groups is 1. The average Bonchev–Trinajstić information content (AvgIpc) is 3.04. The van der Waals surface area contributed by atoms with E-state index in [1.807, 2.05) is 19.1 Å². The normalized spacial score (nSPS) is 17.5. The van der Waals surface area contributed by atoms with E-state index in [2.05, 4.69) is 15.6 Å². The Morgan fingerprint density at radius 1 is 1.43 bits per heavy atom. The number of rotatable bonds is 6. The number of para-hydroxylation sites is 1. The topological polar surface area (TPSA) is 75.1 Å². The molecule has 1 aromatic rings. The number of ether oxygens (including phenoxy) is 2. The van der Waals surface area contributed by atoms with Gasteiger partial charge in [-0.2, -0.15) is 0 Å². The smallest absolute Gasteiger partial charge is 0.191 e. The summed E-state index contributed by atoms with van der Waals surface area (Å²) in [4.78, 5) is 4.50. The summed E-state index contributed by atoms with van der Waals surface area (Å²) in [5.74, 6) is 1.33. The molecule has 1 saturated heterocycles. The average molecular weight is 435 g/mol. The van der Waals surface area contributed by atoms with E-state index in [4.69, 9.17) is 9.47 Å². The number of phenols is 1. The predicted molar refractivity (Wildman–Crippen MR) is 102 cm³/mol. The molecule has 0 bridgehead atoms. The highest BCUT2D eigenvalue weighted by Gasteiger charge is 2.15. The van der Waals surface area contributed by atoms with Crippen LogP contribution < -0.4 is 15.4 Å². The van der Waals surface area contributed by atoms with Crippen molar-refractivity contribution in [3.8, 4) is 11.5 Å². The van der Waals surface area contributed by atoms with Crippen LogP contribution in [0.25, 0.3) is 0 Å². The van der Waals surface area contributed by atoms with Gasteiger partial charge < -0.3 is 25.2 Å². The van der Waals surface area contributed by atoms with Gasteiger partial charge in [0.15, 0.2) is 17.5 Å². The number of benzene rings is 1. The summed E-state index contributed by atoms with van der Waals surface area (Å²) in [5, 5.41) is 16.6. The zero-order chi connectivity index (χ0) is 15.8. The summed E-state index contributed by atoms with van der Waals surface area (Å²) < 4.78 is 10.7. The molecule has 0 saturated carbocycles. The molecule has 0 aromatic heterocycles. The maximum Gasteiger partial charge on any atom is 0.191 e. The molecule has 1 aliphatic heterocycles. The fourth-order valence-corrected chi connectivity index (χ4v) is 2.38. The van der Waals surface area contributed by atoms with E-state index in [0.717, 1.165) is 44.1 Å². The van der Waals surface area contributed by atoms with Crippen LogP contribution in [0, 0.1) is 0 Å². The number of guanidine groups is 1. The molecule has 130 valence electrons. The van der Waals surface area contributed by atoms with Crippen LogP contribution in [0.2, 0.25) is 0 Å². The Hall–Kier alpha value is -1.22. The van der Waals surface area contributed by atoms with Crippen molar-refractivity contribution in [2.24, 2.45) is 4.99 Å². The van der Waals surface area contributed by atoms with E-state index in [0.29, 0.717) is 12.3 Å². The van der Waals surface area contributed by atoms with Crippen LogP contribution in [-0.2, 0) is 11.3 Å². The first-order valence-electron chi connectivity index (χ1n) is 7.73. The number of halogens is 1. The quantitative estimate of drug-likeness (QED) is 0.363. The molecule has 0 amide bonds. The molecule has 3 N–H and O–H groups in total. The summed E-state index contributed by atoms with van der Waals surface area (Å²) in [7, 11) is 1.54. The first-order chi connectivity index (χ1) is 10.7. The van der Waals surface area contributed by atoms with Crippen molar-refractivity contribution in [2.45, 2.75) is 32.4 Å². The van der Waals surface area contributed by atoms with Crippen LogP contribution in [0.3, 0.4) is 0 Å². The van der Waals surface area contributed by atoms with Crippen molar-refractivity contribution >= 4 is 29.9 Å². The Balaban J connectivity index is 0.00000264. The van der Waals surface area contributed by atoms with Gasteiger partial charge in [-0.15, -0.1) is 24.0 Å². The second-order valence-corrected chi connectivity index (χ2v) is 5.18. The molecule has 1 atom stereocenters. The summed E-state index contributed by atoms with van der Waals surface area (Å²) in [6, 6.07) is 5.41. The third-order valence-electron chi connectivity index (χ3n) is 3.58. The number of hydrogen-bond donors (Lipinski definition) is 3. The maximum atomic E-state index is 10.1. The summed E-state index contributed by atoms with van der Waals surface area (Å²) in [6.07, 6.45) is 2.47. The standard InChI is InChI=1S/C16H25N3O3.HI/c1-3-17-16(19-11-13-7-5-9-22-13)18-10-12-6-4-8-14(21-2)15(12)20;/h4,6,8,13,20H,3,5,7,9-11H2,1-2H3,(H2,17,18,19);1H. The van der Waals surface area contributed by atoms with Gasteiger partial charge >= 0.3 is 0 Å². The van der Waals surface area contributed by atoms with E-state index in [-0.39, 0.29) is 35.8 Å². The summed E-state index contributed by atoms with van der Waals surface area (Å²) >= 11 is 0. The predicted octanol–water partition coefficient (Wildman–Crippen LogP) is 2.25. The highest BCUT2D eigenvalue weighted by Crippen LogP contribution is 2.29. The van der Waals surface area contributed by atoms with E-state index < -0.39 is 0 Å². The highest BCUT2D eigenvalue weighted by molar-refractivity contribution is 14.0. The molecule has 23 heavy (non-hydrogen) atoms. The van der Waals surface area contributed by atoms with Crippen LogP contribution in [0.15, 0.2) is 23.2 Å². The fraction of sp³-hybridized carbons (Fsp3) is 0.562. The van der Waals surface area contributed by atoms with Gasteiger partial charge in [-0.05, 0) is 25.8 Å². The second kappa shape index (κ2) is 10.5. The lowest BCUT2D eigenvalue weighted by molar-refractivity contribution is 0.114. The van der Waals surface area contributed by atoms with Gasteiger partial charge in [0.25, 0.3) is 0 Å². The molecule has 1 fully saturated rings. The van der Waals surface area contributed by atoms with Crippen LogP contribution in [0.5, 0.6) is 11.5 Å². The third-order valence-corrected chi connectivity index (χ3v) is 3.58. The number of methoxy groups -OCH3 is 1. The molecule has 0 spiro atoms. The van der Waals surface area contributed by atoms with Gasteiger partial charge in [0.1, 0.15) is 0 Å². The van der Waals surface area contributed by atoms with E-state index in [9.17, 15) is 5.11 Å². The van der Waals surface area contributed by atoms with E-state index in [1.54, 1.807) is 6.07 Å². The minimum Gasteiger partial charge on any atom is -0.504 e. The first-order valence-corrected chi connectivity index (χ1v) is 7.73. The van der Waals surface area contributed by atoms with Crippen molar-refractivity contribution < 1.29 is 14.6 Å². The SMILES string of the molecule is CCNC(=NCc1cccc(OC)c1O)NCC1CCCO1.I. The number of nitrogens with one attached hydrogen (secondary N) is 2. The minimum absolute atomic E-state index is 0. The van der Waals surface area contributed by atoms with Crippen LogP contribution >= 0.6 is 24.0 Å². The molecule has 1 aliphatic rings. The number of nitrogens with zero attached hydrogens (tertiary/aromatic N) is 1. The van der Waals surface area contributed by atoms with Gasteiger partial charge in [-0.1, -0.05) is 12.1 Å². The zero-order valence-corrected chi connectivity index (χ0v) is 16.0. The van der Waals surface area contributed by atoms with Gasteiger partial charge in [0, 0.05) is 25.3 Å². The molecule has 2 rings (SSSR count). The van der Waals surface area contributed by atoms with Gasteiger partial charge in [-0.3, -0.25) is 0 Å². The Morgan fingerprint density at radius 3 is 2.91 bits per heavy atom. The summed E-state index contributed by atoms with van der Waals surface area (Å²) in [6.45, 7) is 4.77. The van der Waals surface area contributed by atoms with Crippen LogP contribution in [0.1, 0.15) is 25.3 Å². The maximum absolute atomic E-state index is 10.1. The minimum atomic E-state index is 0. The van der Waals surface area contributed by atoms with E-state index in [1.165, 1.54) is 7.11 Å². The monoisotopic (exact) mass is 435 g/mol. The van der Waals surface area contributed by atoms with Crippen molar-refractivity contribution in [3.63, 3.8) is 0 Å². The molecule has 1 aromatic carbocycles. The lowest BCUT2D eigenvalue weighted by atomic mass is 10.2. The van der Waals surface area contributed by atoms with Crippen molar-refractivity contribution in [1.29, 1.82) is 0 Å². The lowest BCUT2D eigenvalue weighted by Gasteiger charge is -2.15. The molecule has 7 heteroatoms. The Kier molecular flexibility index (Phi) is 9.08. The lowest BCUT2D eigenvalue weighted by Crippen LogP contribution is -2.41. The fourth-order valence-electron chi connectivity index (χ4n) is 2.38. The Bertz CT molecular complexity index is 505. The first kappa shape index (κ1) is 19.8. The number of phenolic OH excluding ortho intramolecular Hbond substituents is 1. The zero-order valence-electron chi connectivity index (χ0n) is 13.7. The Morgan fingerprint density at radius 2 is 2.26 bits per heavy atom. The molecular formula is C16H26IN3O3. The highest BCUT2D eigenvalue weighted by atomic mass is 127.